The zero-order chi connectivity index (χ0) is 18.9. The van der Waals surface area contributed by atoms with E-state index in [1.807, 2.05) is 0 Å². The predicted octanol–water partition coefficient (Wildman–Crippen LogP) is 3.87. The molecule has 0 unspecified atom stereocenters. The highest BCUT2D eigenvalue weighted by molar-refractivity contribution is 5.95. The molecule has 2 aliphatic carbocycles. The molecule has 27 heavy (non-hydrogen) atoms. The van der Waals surface area contributed by atoms with Crippen molar-refractivity contribution < 1.29 is 14.0 Å². The molecule has 1 heterocycles. The maximum Gasteiger partial charge on any atom is 0.307 e. The van der Waals surface area contributed by atoms with Crippen LogP contribution in [0.25, 0.3) is 0 Å². The molecule has 1 aromatic heterocycles. The van der Waals surface area contributed by atoms with Crippen LogP contribution in [-0.2, 0) is 0 Å². The number of furan rings is 1. The fraction of sp³-hybridized carbons (Fsp3) is 0.600. The fourth-order valence-corrected chi connectivity index (χ4v) is 3.66. The molecule has 0 spiro atoms. The van der Waals surface area contributed by atoms with Crippen LogP contribution < -0.4 is 10.9 Å². The lowest BCUT2D eigenvalue weighted by atomic mass is 9.90. The Morgan fingerprint density at radius 2 is 1.19 bits per heavy atom. The quantitative estimate of drug-likeness (QED) is 0.586. The molecule has 2 N–H and O–H groups in total. The highest BCUT2D eigenvalue weighted by Crippen LogP contribution is 2.22. The molecule has 2 fully saturated rings. The molecule has 2 aliphatic rings. The van der Waals surface area contributed by atoms with Gasteiger partial charge < -0.3 is 4.42 Å². The van der Waals surface area contributed by atoms with Crippen LogP contribution in [0.4, 0.5) is 0 Å². The number of nitrogens with one attached hydrogen (secondary N) is 2. The number of rotatable bonds is 6. The molecule has 0 saturated heterocycles. The van der Waals surface area contributed by atoms with Gasteiger partial charge in [0.05, 0.1) is 0 Å². The lowest BCUT2D eigenvalue weighted by molar-refractivity contribution is 0.0902. The molecule has 0 aliphatic heterocycles. The molecular formula is C20H28N4O3. The van der Waals surface area contributed by atoms with Crippen molar-refractivity contribution in [3.8, 4) is 0 Å². The standard InChI is InChI=1S/C20H28N4O3/c25-19(23-21-13-15-7-3-1-4-8-15)17-11-12-18(27-17)20(26)24-22-14-16-9-5-2-6-10-16/h11-16H,1-10H2,(H,23,25)(H,24,26). The van der Waals surface area contributed by atoms with E-state index < -0.39 is 11.8 Å². The SMILES string of the molecule is O=C(NN=CC1CCCCC1)c1ccc(C(=O)NN=CC2CCCCC2)o1. The summed E-state index contributed by atoms with van der Waals surface area (Å²) in [6, 6.07) is 2.93. The molecule has 7 heteroatoms. The van der Waals surface area contributed by atoms with Gasteiger partial charge in [-0.2, -0.15) is 10.2 Å². The van der Waals surface area contributed by atoms with Gasteiger partial charge in [-0.1, -0.05) is 38.5 Å². The van der Waals surface area contributed by atoms with E-state index in [1.165, 1.54) is 50.7 Å². The van der Waals surface area contributed by atoms with E-state index in [0.717, 1.165) is 25.7 Å². The van der Waals surface area contributed by atoms with Gasteiger partial charge in [0, 0.05) is 12.4 Å². The molecule has 7 nitrogen and oxygen atoms in total. The first-order chi connectivity index (χ1) is 13.2. The predicted molar refractivity (Wildman–Crippen MR) is 104 cm³/mol. The zero-order valence-electron chi connectivity index (χ0n) is 15.7. The second kappa shape index (κ2) is 10.0. The van der Waals surface area contributed by atoms with Gasteiger partial charge in [-0.25, -0.2) is 10.9 Å². The fourth-order valence-electron chi connectivity index (χ4n) is 3.66. The van der Waals surface area contributed by atoms with Crippen molar-refractivity contribution in [2.75, 3.05) is 0 Å². The summed E-state index contributed by atoms with van der Waals surface area (Å²) in [4.78, 5) is 24.1. The van der Waals surface area contributed by atoms with E-state index in [4.69, 9.17) is 4.42 Å². The number of hydrogen-bond donors (Lipinski definition) is 2. The third-order valence-corrected chi connectivity index (χ3v) is 5.26. The minimum absolute atomic E-state index is 0.0530. The van der Waals surface area contributed by atoms with Crippen molar-refractivity contribution in [1.29, 1.82) is 0 Å². The second-order valence-corrected chi connectivity index (χ2v) is 7.40. The Morgan fingerprint density at radius 1 is 0.778 bits per heavy atom. The van der Waals surface area contributed by atoms with E-state index in [2.05, 4.69) is 21.1 Å². The Hall–Kier alpha value is -2.44. The number of nitrogens with zero attached hydrogens (tertiary/aromatic N) is 2. The number of carbonyl (C=O) groups excluding carboxylic acids is 2. The lowest BCUT2D eigenvalue weighted by Crippen LogP contribution is -2.20. The molecule has 0 aromatic carbocycles. The molecule has 146 valence electrons. The summed E-state index contributed by atoms with van der Waals surface area (Å²) in [5.74, 6) is 0.0334. The molecule has 0 bridgehead atoms. The molecule has 2 saturated carbocycles. The van der Waals surface area contributed by atoms with Crippen molar-refractivity contribution in [2.45, 2.75) is 64.2 Å². The van der Waals surface area contributed by atoms with Crippen LogP contribution in [0.1, 0.15) is 85.3 Å². The normalized spacial score (nSPS) is 19.6. The first-order valence-electron chi connectivity index (χ1n) is 9.99. The Balaban J connectivity index is 1.44. The Morgan fingerprint density at radius 3 is 1.59 bits per heavy atom. The smallest absolute Gasteiger partial charge is 0.307 e. The highest BCUT2D eigenvalue weighted by atomic mass is 16.4. The van der Waals surface area contributed by atoms with Crippen molar-refractivity contribution >= 4 is 24.2 Å². The topological polar surface area (TPSA) is 96.1 Å². The second-order valence-electron chi connectivity index (χ2n) is 7.40. The van der Waals surface area contributed by atoms with Crippen LogP contribution in [0, 0.1) is 11.8 Å². The van der Waals surface area contributed by atoms with E-state index in [-0.39, 0.29) is 11.5 Å². The van der Waals surface area contributed by atoms with Crippen molar-refractivity contribution in [3.63, 3.8) is 0 Å². The summed E-state index contributed by atoms with van der Waals surface area (Å²) in [6.07, 6.45) is 15.5. The van der Waals surface area contributed by atoms with Gasteiger partial charge in [0.25, 0.3) is 0 Å². The van der Waals surface area contributed by atoms with E-state index >= 15 is 0 Å². The summed E-state index contributed by atoms with van der Waals surface area (Å²) in [7, 11) is 0. The lowest BCUT2D eigenvalue weighted by Gasteiger charge is -2.16. The first-order valence-corrected chi connectivity index (χ1v) is 9.99. The molecule has 1 aromatic rings. The van der Waals surface area contributed by atoms with Gasteiger partial charge in [0.2, 0.25) is 0 Å². The minimum Gasteiger partial charge on any atom is -0.446 e. The van der Waals surface area contributed by atoms with Crippen LogP contribution >= 0.6 is 0 Å². The van der Waals surface area contributed by atoms with Crippen molar-refractivity contribution in [3.05, 3.63) is 23.7 Å². The zero-order valence-corrected chi connectivity index (χ0v) is 15.7. The first kappa shape index (κ1) is 19.3. The maximum atomic E-state index is 12.1. The van der Waals surface area contributed by atoms with Crippen LogP contribution in [-0.4, -0.2) is 24.2 Å². The average molecular weight is 372 g/mol. The summed E-state index contributed by atoms with van der Waals surface area (Å²) >= 11 is 0. The van der Waals surface area contributed by atoms with Crippen LogP contribution in [0.3, 0.4) is 0 Å². The minimum atomic E-state index is -0.466. The van der Waals surface area contributed by atoms with Crippen molar-refractivity contribution in [1.82, 2.24) is 10.9 Å². The maximum absolute atomic E-state index is 12.1. The number of hydrazone groups is 2. The summed E-state index contributed by atoms with van der Waals surface area (Å²) in [5, 5.41) is 8.04. The van der Waals surface area contributed by atoms with Crippen LogP contribution in [0.15, 0.2) is 26.8 Å². The number of carbonyl (C=O) groups is 2. The number of amides is 2. The average Bonchev–Trinajstić information content (AvgIpc) is 3.20. The van der Waals surface area contributed by atoms with Gasteiger partial charge in [0.15, 0.2) is 11.5 Å². The van der Waals surface area contributed by atoms with Crippen molar-refractivity contribution in [2.24, 2.45) is 22.0 Å². The van der Waals surface area contributed by atoms with Gasteiger partial charge in [-0.3, -0.25) is 9.59 Å². The third-order valence-electron chi connectivity index (χ3n) is 5.26. The van der Waals surface area contributed by atoms with E-state index in [0.29, 0.717) is 11.8 Å². The van der Waals surface area contributed by atoms with Gasteiger partial charge in [0.1, 0.15) is 0 Å². The molecule has 2 amide bonds. The van der Waals surface area contributed by atoms with Gasteiger partial charge in [-0.15, -0.1) is 0 Å². The Labute approximate surface area is 159 Å². The molecular weight excluding hydrogens is 344 g/mol. The van der Waals surface area contributed by atoms with E-state index in [9.17, 15) is 9.59 Å². The van der Waals surface area contributed by atoms with Gasteiger partial charge >= 0.3 is 11.8 Å². The summed E-state index contributed by atoms with van der Waals surface area (Å²) < 4.78 is 5.32. The summed E-state index contributed by atoms with van der Waals surface area (Å²) in [5.41, 5.74) is 4.92. The Bertz CT molecular complexity index is 627. The largest absolute Gasteiger partial charge is 0.446 e. The number of hydrogen-bond acceptors (Lipinski definition) is 5. The highest BCUT2D eigenvalue weighted by Gasteiger charge is 2.16. The Kier molecular flexibility index (Phi) is 7.19. The van der Waals surface area contributed by atoms with Crippen LogP contribution in [0.2, 0.25) is 0 Å². The molecule has 0 atom stereocenters. The van der Waals surface area contributed by atoms with Crippen LogP contribution in [0.5, 0.6) is 0 Å². The van der Waals surface area contributed by atoms with E-state index in [1.54, 1.807) is 12.4 Å². The summed E-state index contributed by atoms with van der Waals surface area (Å²) in [6.45, 7) is 0. The monoisotopic (exact) mass is 372 g/mol. The van der Waals surface area contributed by atoms with Gasteiger partial charge in [-0.05, 0) is 49.7 Å². The molecule has 3 rings (SSSR count). The third kappa shape index (κ3) is 6.05. The molecule has 0 radical (unpaired) electrons.